The van der Waals surface area contributed by atoms with Gasteiger partial charge < -0.3 is 19.6 Å². The zero-order valence-electron chi connectivity index (χ0n) is 23.4. The minimum Gasteiger partial charge on any atom is -0.466 e. The summed E-state index contributed by atoms with van der Waals surface area (Å²) >= 11 is 12.4. The summed E-state index contributed by atoms with van der Waals surface area (Å²) in [6, 6.07) is 8.94. The number of carbonyl (C=O) groups is 3. The Balaban J connectivity index is 1.80. The molecular formula is C30H37Cl2FN2O5. The molecule has 0 aliphatic carbocycles. The molecule has 2 aromatic rings. The quantitative estimate of drug-likeness (QED) is 0.350. The Morgan fingerprint density at radius 3 is 2.40 bits per heavy atom. The Kier molecular flexibility index (Phi) is 11.0. The minimum atomic E-state index is -1.35. The Labute approximate surface area is 245 Å². The van der Waals surface area contributed by atoms with Crippen LogP contribution in [0.15, 0.2) is 36.4 Å². The number of hydrogen-bond donors (Lipinski definition) is 1. The first-order valence-electron chi connectivity index (χ1n) is 13.5. The van der Waals surface area contributed by atoms with Crippen LogP contribution in [0, 0.1) is 17.2 Å². The fourth-order valence-corrected chi connectivity index (χ4v) is 5.21. The van der Waals surface area contributed by atoms with Crippen molar-refractivity contribution in [3.63, 3.8) is 0 Å². The Morgan fingerprint density at radius 2 is 1.77 bits per heavy atom. The predicted octanol–water partition coefficient (Wildman–Crippen LogP) is 6.18. The largest absolute Gasteiger partial charge is 0.466 e. The zero-order valence-corrected chi connectivity index (χ0v) is 24.9. The number of carbonyl (C=O) groups excluding carboxylic acids is 3. The van der Waals surface area contributed by atoms with Gasteiger partial charge in [-0.2, -0.15) is 0 Å². The van der Waals surface area contributed by atoms with Crippen LogP contribution < -0.4 is 4.90 Å². The summed E-state index contributed by atoms with van der Waals surface area (Å²) in [5.41, 5.74) is 0.520. The minimum absolute atomic E-state index is 0.00471. The highest BCUT2D eigenvalue weighted by atomic mass is 35.5. The molecule has 0 saturated carbocycles. The number of piperidine rings is 1. The molecule has 2 amide bonds. The maximum atomic E-state index is 14.2. The number of halogens is 3. The molecule has 7 nitrogen and oxygen atoms in total. The van der Waals surface area contributed by atoms with Crippen LogP contribution in [-0.4, -0.2) is 54.0 Å². The van der Waals surface area contributed by atoms with Gasteiger partial charge in [-0.1, -0.05) is 56.1 Å². The van der Waals surface area contributed by atoms with Gasteiger partial charge in [-0.3, -0.25) is 14.4 Å². The van der Waals surface area contributed by atoms with E-state index < -0.39 is 11.9 Å². The van der Waals surface area contributed by atoms with Crippen LogP contribution in [0.25, 0.3) is 0 Å². The third kappa shape index (κ3) is 8.18. The van der Waals surface area contributed by atoms with Gasteiger partial charge in [0.2, 0.25) is 11.8 Å². The van der Waals surface area contributed by atoms with Crippen molar-refractivity contribution >= 4 is 46.7 Å². The average Bonchev–Trinajstić information content (AvgIpc) is 2.91. The molecule has 1 N–H and O–H groups in total. The number of rotatable bonds is 9. The molecule has 3 rings (SSSR count). The van der Waals surface area contributed by atoms with Gasteiger partial charge >= 0.3 is 5.97 Å². The summed E-state index contributed by atoms with van der Waals surface area (Å²) in [5, 5.41) is 11.4. The van der Waals surface area contributed by atoms with Crippen molar-refractivity contribution in [2.24, 2.45) is 11.3 Å². The Bertz CT molecular complexity index is 1230. The lowest BCUT2D eigenvalue weighted by molar-refractivity contribution is -0.151. The average molecular weight is 596 g/mol. The van der Waals surface area contributed by atoms with Crippen molar-refractivity contribution in [2.45, 2.75) is 59.5 Å². The van der Waals surface area contributed by atoms with Crippen molar-refractivity contribution in [3.05, 3.63) is 63.4 Å². The fourth-order valence-electron chi connectivity index (χ4n) is 4.80. The number of amides is 2. The molecule has 218 valence electrons. The summed E-state index contributed by atoms with van der Waals surface area (Å²) in [5.74, 6) is -1.58. The summed E-state index contributed by atoms with van der Waals surface area (Å²) in [7, 11) is 0. The van der Waals surface area contributed by atoms with E-state index in [0.717, 1.165) is 0 Å². The van der Waals surface area contributed by atoms with Gasteiger partial charge in [0.1, 0.15) is 11.9 Å². The van der Waals surface area contributed by atoms with Crippen molar-refractivity contribution < 1.29 is 28.6 Å². The predicted molar refractivity (Wildman–Crippen MR) is 154 cm³/mol. The van der Waals surface area contributed by atoms with Gasteiger partial charge in [0.15, 0.2) is 0 Å². The second-order valence-corrected chi connectivity index (χ2v) is 12.0. The van der Waals surface area contributed by atoms with Crippen LogP contribution in [0.4, 0.5) is 10.1 Å². The number of esters is 1. The maximum Gasteiger partial charge on any atom is 0.309 e. The summed E-state index contributed by atoms with van der Waals surface area (Å²) in [6.07, 6.45) is -0.335. The van der Waals surface area contributed by atoms with Crippen molar-refractivity contribution in [2.75, 3.05) is 31.1 Å². The van der Waals surface area contributed by atoms with E-state index in [-0.39, 0.29) is 52.5 Å². The SMILES string of the molecule is CCOC(=O)C1CCN(C(=O)CCC(=O)N(CC(C)(C)C)c2ccc(Cl)cc2C(O)c2cccc(F)c2Cl)CC1. The summed E-state index contributed by atoms with van der Waals surface area (Å²) < 4.78 is 19.3. The van der Waals surface area contributed by atoms with Crippen LogP contribution in [0.5, 0.6) is 0 Å². The lowest BCUT2D eigenvalue weighted by Gasteiger charge is -2.33. The Morgan fingerprint density at radius 1 is 1.10 bits per heavy atom. The summed E-state index contributed by atoms with van der Waals surface area (Å²) in [4.78, 5) is 41.8. The third-order valence-corrected chi connectivity index (χ3v) is 7.44. The molecular weight excluding hydrogens is 558 g/mol. The topological polar surface area (TPSA) is 87.2 Å². The molecule has 40 heavy (non-hydrogen) atoms. The first-order valence-corrected chi connectivity index (χ1v) is 14.2. The van der Waals surface area contributed by atoms with Crippen molar-refractivity contribution in [1.82, 2.24) is 4.90 Å². The van der Waals surface area contributed by atoms with E-state index in [4.69, 9.17) is 27.9 Å². The Hall–Kier alpha value is -2.68. The fraction of sp³-hybridized carbons (Fsp3) is 0.500. The number of ether oxygens (including phenoxy) is 1. The molecule has 0 radical (unpaired) electrons. The number of aliphatic hydroxyl groups is 1. The van der Waals surface area contributed by atoms with E-state index in [9.17, 15) is 23.9 Å². The van der Waals surface area contributed by atoms with Crippen LogP contribution in [0.3, 0.4) is 0 Å². The molecule has 10 heteroatoms. The second-order valence-electron chi connectivity index (χ2n) is 11.2. The number of likely N-dealkylation sites (tertiary alicyclic amines) is 1. The molecule has 1 unspecified atom stereocenters. The lowest BCUT2D eigenvalue weighted by atomic mass is 9.93. The van der Waals surface area contributed by atoms with Crippen LogP contribution in [-0.2, 0) is 19.1 Å². The normalized spacial score (nSPS) is 15.1. The molecule has 1 aliphatic rings. The molecule has 1 aliphatic heterocycles. The van der Waals surface area contributed by atoms with E-state index in [2.05, 4.69) is 0 Å². The smallest absolute Gasteiger partial charge is 0.309 e. The molecule has 1 heterocycles. The second kappa shape index (κ2) is 13.8. The number of anilines is 1. The molecule has 0 spiro atoms. The van der Waals surface area contributed by atoms with Crippen LogP contribution in [0.2, 0.25) is 10.0 Å². The van der Waals surface area contributed by atoms with Gasteiger partial charge in [-0.05, 0) is 49.4 Å². The first kappa shape index (κ1) is 31.8. The van der Waals surface area contributed by atoms with Gasteiger partial charge in [-0.25, -0.2) is 4.39 Å². The van der Waals surface area contributed by atoms with E-state index in [1.165, 1.54) is 24.3 Å². The van der Waals surface area contributed by atoms with E-state index >= 15 is 0 Å². The highest BCUT2D eigenvalue weighted by molar-refractivity contribution is 6.31. The van der Waals surface area contributed by atoms with Crippen LogP contribution in [0.1, 0.15) is 70.6 Å². The number of aliphatic hydroxyl groups excluding tert-OH is 1. The summed E-state index contributed by atoms with van der Waals surface area (Å²) in [6.45, 7) is 9.18. The lowest BCUT2D eigenvalue weighted by Crippen LogP contribution is -2.42. The molecule has 1 atom stereocenters. The van der Waals surface area contributed by atoms with Crippen molar-refractivity contribution in [3.8, 4) is 0 Å². The number of benzene rings is 2. The molecule has 2 aromatic carbocycles. The van der Waals surface area contributed by atoms with Crippen molar-refractivity contribution in [1.29, 1.82) is 0 Å². The highest BCUT2D eigenvalue weighted by Crippen LogP contribution is 2.38. The van der Waals surface area contributed by atoms with Gasteiger partial charge in [0, 0.05) is 54.3 Å². The van der Waals surface area contributed by atoms with Gasteiger partial charge in [0.05, 0.1) is 17.5 Å². The standard InChI is InChI=1S/C30H37Cl2FN2O5/c1-5-40-29(39)19-13-15-34(16-14-19)25(36)11-12-26(37)35(18-30(2,3)4)24-10-9-20(31)17-22(24)28(38)21-7-6-8-23(33)27(21)32/h6-10,17,19,28,38H,5,11-16,18H2,1-4H3. The molecule has 1 saturated heterocycles. The maximum absolute atomic E-state index is 14.2. The molecule has 1 fully saturated rings. The zero-order chi connectivity index (χ0) is 29.6. The highest BCUT2D eigenvalue weighted by Gasteiger charge is 2.31. The number of nitrogens with zero attached hydrogens (tertiary/aromatic N) is 2. The third-order valence-electron chi connectivity index (χ3n) is 6.80. The van der Waals surface area contributed by atoms with E-state index in [0.29, 0.717) is 55.4 Å². The first-order chi connectivity index (χ1) is 18.8. The molecule has 0 aromatic heterocycles. The van der Waals surface area contributed by atoms with E-state index in [1.807, 2.05) is 20.8 Å². The van der Waals surface area contributed by atoms with Crippen LogP contribution >= 0.6 is 23.2 Å². The van der Waals surface area contributed by atoms with E-state index in [1.54, 1.807) is 28.9 Å². The monoisotopic (exact) mass is 594 g/mol. The van der Waals surface area contributed by atoms with Gasteiger partial charge in [-0.15, -0.1) is 0 Å². The number of hydrogen-bond acceptors (Lipinski definition) is 5. The van der Waals surface area contributed by atoms with Gasteiger partial charge in [0.25, 0.3) is 0 Å². The molecule has 0 bridgehead atoms.